The van der Waals surface area contributed by atoms with E-state index in [2.05, 4.69) is 4.74 Å². The molecule has 0 saturated carbocycles. The van der Waals surface area contributed by atoms with Crippen molar-refractivity contribution in [3.8, 4) is 10.4 Å². The molecule has 5 heteroatoms. The number of hydrogen-bond donors (Lipinski definition) is 1. The van der Waals surface area contributed by atoms with Crippen molar-refractivity contribution in [1.82, 2.24) is 0 Å². The smallest absolute Gasteiger partial charge is 0.350 e. The van der Waals surface area contributed by atoms with E-state index < -0.39 is 5.97 Å². The Morgan fingerprint density at radius 1 is 1.32 bits per heavy atom. The molecule has 0 unspecified atom stereocenters. The molecule has 2 aromatic rings. The highest BCUT2D eigenvalue weighted by Crippen LogP contribution is 2.38. The van der Waals surface area contributed by atoms with Crippen LogP contribution in [0, 0.1) is 19.7 Å². The van der Waals surface area contributed by atoms with Crippen molar-refractivity contribution in [3.05, 3.63) is 40.0 Å². The number of halogens is 1. The van der Waals surface area contributed by atoms with Gasteiger partial charge in [-0.05, 0) is 42.7 Å². The Balaban J connectivity index is 2.60. The Hall–Kier alpha value is -1.88. The zero-order valence-electron chi connectivity index (χ0n) is 10.9. The van der Waals surface area contributed by atoms with E-state index in [1.807, 2.05) is 19.9 Å². The number of carbonyl (C=O) groups excluding carboxylic acids is 1. The lowest BCUT2D eigenvalue weighted by Gasteiger charge is -2.02. The number of aryl methyl sites for hydroxylation is 1. The van der Waals surface area contributed by atoms with Gasteiger partial charge in [0.15, 0.2) is 0 Å². The molecule has 0 atom stereocenters. The third kappa shape index (κ3) is 2.46. The topological polar surface area (TPSA) is 52.3 Å². The number of ether oxygens (including phenoxy) is 1. The molecule has 0 radical (unpaired) electrons. The van der Waals surface area contributed by atoms with Gasteiger partial charge in [-0.15, -0.1) is 11.3 Å². The standard InChI is InChI=1S/C14H14FNO2S/c1-7-4-9(6-10(15)5-7)12-8(2)11(16)13(19-12)14(17)18-3/h4-6H,16H2,1-3H3. The van der Waals surface area contributed by atoms with Crippen molar-refractivity contribution in [3.63, 3.8) is 0 Å². The first-order valence-corrected chi connectivity index (χ1v) is 6.50. The minimum Gasteiger partial charge on any atom is -0.465 e. The molecule has 0 spiro atoms. The molecule has 1 aromatic heterocycles. The van der Waals surface area contributed by atoms with Crippen LogP contribution in [0.4, 0.5) is 10.1 Å². The number of nitrogens with two attached hydrogens (primary N) is 1. The molecule has 0 saturated heterocycles. The zero-order valence-corrected chi connectivity index (χ0v) is 11.7. The van der Waals surface area contributed by atoms with Crippen LogP contribution in [-0.4, -0.2) is 13.1 Å². The molecule has 1 heterocycles. The van der Waals surface area contributed by atoms with Gasteiger partial charge in [0.2, 0.25) is 0 Å². The van der Waals surface area contributed by atoms with Gasteiger partial charge >= 0.3 is 5.97 Å². The quantitative estimate of drug-likeness (QED) is 0.855. The molecule has 19 heavy (non-hydrogen) atoms. The maximum Gasteiger partial charge on any atom is 0.350 e. The summed E-state index contributed by atoms with van der Waals surface area (Å²) in [7, 11) is 1.31. The van der Waals surface area contributed by atoms with Gasteiger partial charge in [-0.1, -0.05) is 6.07 Å². The van der Waals surface area contributed by atoms with Crippen molar-refractivity contribution in [1.29, 1.82) is 0 Å². The first-order chi connectivity index (χ1) is 8.93. The van der Waals surface area contributed by atoms with E-state index >= 15 is 0 Å². The fourth-order valence-corrected chi connectivity index (χ4v) is 3.05. The van der Waals surface area contributed by atoms with E-state index in [4.69, 9.17) is 5.73 Å². The van der Waals surface area contributed by atoms with E-state index in [1.165, 1.54) is 30.6 Å². The summed E-state index contributed by atoms with van der Waals surface area (Å²) < 4.78 is 18.1. The summed E-state index contributed by atoms with van der Waals surface area (Å²) in [5.74, 6) is -0.772. The Kier molecular flexibility index (Phi) is 3.57. The molecule has 1 aromatic carbocycles. The predicted molar refractivity (Wildman–Crippen MR) is 74.9 cm³/mol. The van der Waals surface area contributed by atoms with Crippen LogP contribution in [0.1, 0.15) is 20.8 Å². The number of nitrogen functional groups attached to an aromatic ring is 1. The Bertz CT molecular complexity index is 629. The van der Waals surface area contributed by atoms with Gasteiger partial charge in [-0.3, -0.25) is 0 Å². The van der Waals surface area contributed by atoms with Crippen LogP contribution in [0.2, 0.25) is 0 Å². The Morgan fingerprint density at radius 3 is 2.58 bits per heavy atom. The molecule has 3 nitrogen and oxygen atoms in total. The first-order valence-electron chi connectivity index (χ1n) is 5.68. The second-order valence-corrected chi connectivity index (χ2v) is 5.33. The lowest BCUT2D eigenvalue weighted by Crippen LogP contribution is -2.01. The third-order valence-electron chi connectivity index (χ3n) is 2.87. The van der Waals surface area contributed by atoms with Gasteiger partial charge in [0.1, 0.15) is 10.7 Å². The molecular weight excluding hydrogens is 265 g/mol. The Labute approximate surface area is 114 Å². The SMILES string of the molecule is COC(=O)c1sc(-c2cc(C)cc(F)c2)c(C)c1N. The average Bonchev–Trinajstić information content (AvgIpc) is 2.64. The van der Waals surface area contributed by atoms with Crippen LogP contribution < -0.4 is 5.73 Å². The number of benzene rings is 1. The molecule has 0 aliphatic carbocycles. The summed E-state index contributed by atoms with van der Waals surface area (Å²) in [4.78, 5) is 12.7. The number of anilines is 1. The normalized spacial score (nSPS) is 10.5. The number of carbonyl (C=O) groups is 1. The van der Waals surface area contributed by atoms with Crippen molar-refractivity contribution in [2.75, 3.05) is 12.8 Å². The van der Waals surface area contributed by atoms with Gasteiger partial charge in [-0.2, -0.15) is 0 Å². The average molecular weight is 279 g/mol. The highest BCUT2D eigenvalue weighted by Gasteiger charge is 2.20. The van der Waals surface area contributed by atoms with Crippen molar-refractivity contribution in [2.45, 2.75) is 13.8 Å². The highest BCUT2D eigenvalue weighted by atomic mass is 32.1. The molecule has 0 bridgehead atoms. The van der Waals surface area contributed by atoms with Gasteiger partial charge in [0.05, 0.1) is 12.8 Å². The van der Waals surface area contributed by atoms with E-state index in [-0.39, 0.29) is 5.82 Å². The van der Waals surface area contributed by atoms with Gasteiger partial charge in [0, 0.05) is 4.88 Å². The molecule has 0 fully saturated rings. The van der Waals surface area contributed by atoms with Gasteiger partial charge in [0.25, 0.3) is 0 Å². The van der Waals surface area contributed by atoms with Crippen LogP contribution in [0.15, 0.2) is 18.2 Å². The predicted octanol–water partition coefficient (Wildman–Crippen LogP) is 3.54. The summed E-state index contributed by atoms with van der Waals surface area (Å²) in [6, 6.07) is 4.76. The van der Waals surface area contributed by atoms with Crippen LogP contribution in [0.3, 0.4) is 0 Å². The van der Waals surface area contributed by atoms with E-state index in [0.29, 0.717) is 10.6 Å². The number of hydrogen-bond acceptors (Lipinski definition) is 4. The number of thiophene rings is 1. The summed E-state index contributed by atoms with van der Waals surface area (Å²) in [6.45, 7) is 3.63. The van der Waals surface area contributed by atoms with Crippen LogP contribution >= 0.6 is 11.3 Å². The fourth-order valence-electron chi connectivity index (χ4n) is 1.91. The molecule has 2 N–H and O–H groups in total. The van der Waals surface area contributed by atoms with E-state index in [1.54, 1.807) is 0 Å². The summed E-state index contributed by atoms with van der Waals surface area (Å²) in [5, 5.41) is 0. The molecule has 2 rings (SSSR count). The third-order valence-corrected chi connectivity index (χ3v) is 4.21. The van der Waals surface area contributed by atoms with Gasteiger partial charge < -0.3 is 10.5 Å². The van der Waals surface area contributed by atoms with Gasteiger partial charge in [-0.25, -0.2) is 9.18 Å². The Morgan fingerprint density at radius 2 is 2.00 bits per heavy atom. The summed E-state index contributed by atoms with van der Waals surface area (Å²) >= 11 is 1.22. The van der Waals surface area contributed by atoms with Crippen LogP contribution in [-0.2, 0) is 4.74 Å². The fraction of sp³-hybridized carbons (Fsp3) is 0.214. The molecule has 0 amide bonds. The minimum atomic E-state index is -0.468. The van der Waals surface area contributed by atoms with Crippen LogP contribution in [0.25, 0.3) is 10.4 Å². The number of rotatable bonds is 2. The molecule has 0 aliphatic rings. The summed E-state index contributed by atoms with van der Waals surface area (Å²) in [5.41, 5.74) is 8.62. The van der Waals surface area contributed by atoms with E-state index in [9.17, 15) is 9.18 Å². The van der Waals surface area contributed by atoms with Crippen molar-refractivity contribution < 1.29 is 13.9 Å². The maximum atomic E-state index is 13.5. The highest BCUT2D eigenvalue weighted by molar-refractivity contribution is 7.18. The van der Waals surface area contributed by atoms with Crippen molar-refractivity contribution in [2.24, 2.45) is 0 Å². The first kappa shape index (κ1) is 13.5. The number of methoxy groups -OCH3 is 1. The maximum absolute atomic E-state index is 13.5. The molecule has 100 valence electrons. The lowest BCUT2D eigenvalue weighted by atomic mass is 10.1. The largest absolute Gasteiger partial charge is 0.465 e. The van der Waals surface area contributed by atoms with Crippen LogP contribution in [0.5, 0.6) is 0 Å². The van der Waals surface area contributed by atoms with E-state index in [0.717, 1.165) is 21.6 Å². The molecule has 0 aliphatic heterocycles. The lowest BCUT2D eigenvalue weighted by molar-refractivity contribution is 0.0607. The zero-order chi connectivity index (χ0) is 14.2. The summed E-state index contributed by atoms with van der Waals surface area (Å²) in [6.07, 6.45) is 0. The second-order valence-electron chi connectivity index (χ2n) is 4.31. The number of esters is 1. The monoisotopic (exact) mass is 279 g/mol. The molecular formula is C14H14FNO2S. The second kappa shape index (κ2) is 5.01. The minimum absolute atomic E-state index is 0.305. The van der Waals surface area contributed by atoms with Crippen molar-refractivity contribution >= 4 is 23.0 Å².